The predicted octanol–water partition coefficient (Wildman–Crippen LogP) is 1.45. The molecule has 0 aliphatic rings. The first-order valence-corrected chi connectivity index (χ1v) is 5.16. The SMILES string of the molecule is CNC(C)CNCc1ccsc1. The highest BCUT2D eigenvalue weighted by Gasteiger charge is 1.96. The zero-order valence-electron chi connectivity index (χ0n) is 7.63. The van der Waals surface area contributed by atoms with Crippen molar-refractivity contribution >= 4 is 11.3 Å². The Labute approximate surface area is 78.0 Å². The van der Waals surface area contributed by atoms with Crippen molar-refractivity contribution in [1.29, 1.82) is 0 Å². The lowest BCUT2D eigenvalue weighted by molar-refractivity contribution is 0.541. The summed E-state index contributed by atoms with van der Waals surface area (Å²) < 4.78 is 0. The van der Waals surface area contributed by atoms with E-state index in [0.29, 0.717) is 6.04 Å². The van der Waals surface area contributed by atoms with Gasteiger partial charge in [-0.2, -0.15) is 11.3 Å². The zero-order valence-corrected chi connectivity index (χ0v) is 8.45. The minimum atomic E-state index is 0.545. The van der Waals surface area contributed by atoms with Crippen LogP contribution in [0.15, 0.2) is 16.8 Å². The van der Waals surface area contributed by atoms with Crippen molar-refractivity contribution in [3.63, 3.8) is 0 Å². The Kier molecular flexibility index (Phi) is 4.29. The van der Waals surface area contributed by atoms with Gasteiger partial charge in [0.25, 0.3) is 0 Å². The summed E-state index contributed by atoms with van der Waals surface area (Å²) in [6.45, 7) is 4.17. The molecular weight excluding hydrogens is 168 g/mol. The summed E-state index contributed by atoms with van der Waals surface area (Å²) in [6, 6.07) is 2.70. The molecule has 0 fully saturated rings. The number of nitrogens with one attached hydrogen (secondary N) is 2. The minimum absolute atomic E-state index is 0.545. The Morgan fingerprint density at radius 1 is 1.58 bits per heavy atom. The van der Waals surface area contributed by atoms with Gasteiger partial charge in [0, 0.05) is 19.1 Å². The molecule has 0 amide bonds. The average molecular weight is 184 g/mol. The molecule has 0 aromatic carbocycles. The smallest absolute Gasteiger partial charge is 0.0214 e. The first kappa shape index (κ1) is 9.71. The normalized spacial score (nSPS) is 13.2. The van der Waals surface area contributed by atoms with Crippen LogP contribution in [0.2, 0.25) is 0 Å². The molecule has 0 saturated heterocycles. The van der Waals surface area contributed by atoms with Crippen LogP contribution in [0.4, 0.5) is 0 Å². The summed E-state index contributed by atoms with van der Waals surface area (Å²) in [5, 5.41) is 10.9. The number of likely N-dealkylation sites (N-methyl/N-ethyl adjacent to an activating group) is 1. The van der Waals surface area contributed by atoms with Crippen LogP contribution >= 0.6 is 11.3 Å². The molecule has 0 saturated carbocycles. The van der Waals surface area contributed by atoms with Crippen molar-refractivity contribution in [3.05, 3.63) is 22.4 Å². The fourth-order valence-electron chi connectivity index (χ4n) is 0.928. The summed E-state index contributed by atoms with van der Waals surface area (Å²) in [6.07, 6.45) is 0. The van der Waals surface area contributed by atoms with E-state index in [1.54, 1.807) is 11.3 Å². The fraction of sp³-hybridized carbons (Fsp3) is 0.556. The standard InChI is InChI=1S/C9H16N2S/c1-8(10-2)5-11-6-9-3-4-12-7-9/h3-4,7-8,10-11H,5-6H2,1-2H3. The Bertz CT molecular complexity index is 196. The highest BCUT2D eigenvalue weighted by atomic mass is 32.1. The zero-order chi connectivity index (χ0) is 8.81. The highest BCUT2D eigenvalue weighted by molar-refractivity contribution is 7.07. The van der Waals surface area contributed by atoms with E-state index >= 15 is 0 Å². The van der Waals surface area contributed by atoms with Gasteiger partial charge < -0.3 is 10.6 Å². The topological polar surface area (TPSA) is 24.1 Å². The van der Waals surface area contributed by atoms with Gasteiger partial charge in [-0.15, -0.1) is 0 Å². The van der Waals surface area contributed by atoms with Crippen LogP contribution in [0.1, 0.15) is 12.5 Å². The van der Waals surface area contributed by atoms with Gasteiger partial charge in [0.15, 0.2) is 0 Å². The van der Waals surface area contributed by atoms with Crippen LogP contribution in [0.3, 0.4) is 0 Å². The Morgan fingerprint density at radius 2 is 2.42 bits per heavy atom. The van der Waals surface area contributed by atoms with E-state index in [4.69, 9.17) is 0 Å². The van der Waals surface area contributed by atoms with Crippen LogP contribution in [-0.2, 0) is 6.54 Å². The molecule has 0 radical (unpaired) electrons. The third-order valence-electron chi connectivity index (χ3n) is 1.85. The first-order chi connectivity index (χ1) is 5.83. The lowest BCUT2D eigenvalue weighted by atomic mass is 10.3. The van der Waals surface area contributed by atoms with Crippen molar-refractivity contribution in [1.82, 2.24) is 10.6 Å². The molecule has 3 heteroatoms. The van der Waals surface area contributed by atoms with Gasteiger partial charge in [-0.3, -0.25) is 0 Å². The molecule has 2 N–H and O–H groups in total. The summed E-state index contributed by atoms with van der Waals surface area (Å²) in [5.74, 6) is 0. The molecular formula is C9H16N2S. The maximum Gasteiger partial charge on any atom is 0.0214 e. The molecule has 0 aliphatic carbocycles. The quantitative estimate of drug-likeness (QED) is 0.723. The van der Waals surface area contributed by atoms with E-state index in [-0.39, 0.29) is 0 Å². The third kappa shape index (κ3) is 3.34. The van der Waals surface area contributed by atoms with Crippen LogP contribution in [0.5, 0.6) is 0 Å². The van der Waals surface area contributed by atoms with Crippen LogP contribution in [-0.4, -0.2) is 19.6 Å². The van der Waals surface area contributed by atoms with Crippen molar-refractivity contribution < 1.29 is 0 Å². The summed E-state index contributed by atoms with van der Waals surface area (Å²) in [5.41, 5.74) is 1.38. The first-order valence-electron chi connectivity index (χ1n) is 4.22. The largest absolute Gasteiger partial charge is 0.316 e. The van der Waals surface area contributed by atoms with Crippen molar-refractivity contribution in [2.45, 2.75) is 19.5 Å². The molecule has 1 atom stereocenters. The molecule has 0 bridgehead atoms. The summed E-state index contributed by atoms with van der Waals surface area (Å²) in [7, 11) is 1.98. The van der Waals surface area contributed by atoms with E-state index in [1.807, 2.05) is 7.05 Å². The molecule has 2 nitrogen and oxygen atoms in total. The van der Waals surface area contributed by atoms with E-state index in [9.17, 15) is 0 Å². The summed E-state index contributed by atoms with van der Waals surface area (Å²) >= 11 is 1.75. The Morgan fingerprint density at radius 3 is 3.00 bits per heavy atom. The van der Waals surface area contributed by atoms with Gasteiger partial charge in [0.1, 0.15) is 0 Å². The van der Waals surface area contributed by atoms with Gasteiger partial charge in [-0.25, -0.2) is 0 Å². The second-order valence-electron chi connectivity index (χ2n) is 2.95. The maximum atomic E-state index is 3.38. The van der Waals surface area contributed by atoms with Gasteiger partial charge in [0.2, 0.25) is 0 Å². The number of rotatable bonds is 5. The van der Waals surface area contributed by atoms with Gasteiger partial charge in [-0.05, 0) is 36.4 Å². The van der Waals surface area contributed by atoms with Gasteiger partial charge >= 0.3 is 0 Å². The lowest BCUT2D eigenvalue weighted by Gasteiger charge is -2.10. The van der Waals surface area contributed by atoms with E-state index in [0.717, 1.165) is 13.1 Å². The van der Waals surface area contributed by atoms with E-state index in [2.05, 4.69) is 34.4 Å². The highest BCUT2D eigenvalue weighted by Crippen LogP contribution is 2.04. The molecule has 1 heterocycles. The monoisotopic (exact) mass is 184 g/mol. The maximum absolute atomic E-state index is 3.38. The van der Waals surface area contributed by atoms with Crippen molar-refractivity contribution in [2.75, 3.05) is 13.6 Å². The van der Waals surface area contributed by atoms with Crippen LogP contribution in [0, 0.1) is 0 Å². The molecule has 0 aliphatic heterocycles. The van der Waals surface area contributed by atoms with E-state index in [1.165, 1.54) is 5.56 Å². The van der Waals surface area contributed by atoms with E-state index < -0.39 is 0 Å². The van der Waals surface area contributed by atoms with Crippen LogP contribution < -0.4 is 10.6 Å². The molecule has 68 valence electrons. The second kappa shape index (κ2) is 5.30. The van der Waals surface area contributed by atoms with Crippen LogP contribution in [0.25, 0.3) is 0 Å². The second-order valence-corrected chi connectivity index (χ2v) is 3.73. The minimum Gasteiger partial charge on any atom is -0.316 e. The third-order valence-corrected chi connectivity index (χ3v) is 2.58. The fourth-order valence-corrected chi connectivity index (χ4v) is 1.60. The van der Waals surface area contributed by atoms with Gasteiger partial charge in [0.05, 0.1) is 0 Å². The Balaban J connectivity index is 2.11. The Hall–Kier alpha value is -0.380. The number of thiophene rings is 1. The molecule has 1 aromatic rings. The number of hydrogen-bond donors (Lipinski definition) is 2. The molecule has 1 unspecified atom stereocenters. The average Bonchev–Trinajstić information content (AvgIpc) is 2.57. The molecule has 1 aromatic heterocycles. The molecule has 1 rings (SSSR count). The van der Waals surface area contributed by atoms with Crippen molar-refractivity contribution in [2.24, 2.45) is 0 Å². The molecule has 12 heavy (non-hydrogen) atoms. The summed E-state index contributed by atoms with van der Waals surface area (Å²) in [4.78, 5) is 0. The van der Waals surface area contributed by atoms with Crippen molar-refractivity contribution in [3.8, 4) is 0 Å². The predicted molar refractivity (Wildman–Crippen MR) is 54.5 cm³/mol. The van der Waals surface area contributed by atoms with Gasteiger partial charge in [-0.1, -0.05) is 0 Å². The molecule has 0 spiro atoms. The number of hydrogen-bond acceptors (Lipinski definition) is 3. The lowest BCUT2D eigenvalue weighted by Crippen LogP contribution is -2.33.